The maximum atomic E-state index is 13.2. The lowest BCUT2D eigenvalue weighted by molar-refractivity contribution is -0.197. The van der Waals surface area contributed by atoms with Crippen molar-refractivity contribution in [3.8, 4) is 5.75 Å². The molecule has 0 amide bonds. The Morgan fingerprint density at radius 2 is 1.51 bits per heavy atom. The van der Waals surface area contributed by atoms with Gasteiger partial charge in [0.25, 0.3) is 10.1 Å². The molecule has 14 heteroatoms. The van der Waals surface area contributed by atoms with E-state index in [1.165, 1.54) is 36.4 Å². The highest BCUT2D eigenvalue weighted by atomic mass is 79.9. The van der Waals surface area contributed by atoms with E-state index in [0.29, 0.717) is 13.4 Å². The molecule has 1 unspecified atom stereocenters. The quantitative estimate of drug-likeness (QED) is 0.182. The van der Waals surface area contributed by atoms with Gasteiger partial charge in [0, 0.05) is 18.8 Å². The molecule has 0 saturated heterocycles. The first kappa shape index (κ1) is 27.6. The SMILES string of the molecule is O=C(Oc1cccc2c(C(=O)OC(CS(=O)(=O)O)C(F)(F)F)cccc12)c1c(Br)cc(Br)cc1Br. The third-order valence-corrected chi connectivity index (χ3v) is 6.92. The number of esters is 2. The van der Waals surface area contributed by atoms with Gasteiger partial charge in [-0.15, -0.1) is 0 Å². The van der Waals surface area contributed by atoms with Crippen LogP contribution in [0.4, 0.5) is 13.2 Å². The molecule has 0 fully saturated rings. The van der Waals surface area contributed by atoms with Crippen molar-refractivity contribution in [1.29, 1.82) is 0 Å². The Morgan fingerprint density at radius 3 is 2.09 bits per heavy atom. The minimum absolute atomic E-state index is 0.00850. The number of fused-ring (bicyclic) bond motifs is 1. The minimum Gasteiger partial charge on any atom is -0.448 e. The molecule has 0 heterocycles. The molecule has 0 bridgehead atoms. The van der Waals surface area contributed by atoms with Crippen LogP contribution in [0.5, 0.6) is 5.75 Å². The van der Waals surface area contributed by atoms with Crippen molar-refractivity contribution < 1.29 is 45.2 Å². The summed E-state index contributed by atoms with van der Waals surface area (Å²) in [6.07, 6.45) is -8.34. The van der Waals surface area contributed by atoms with E-state index >= 15 is 0 Å². The van der Waals surface area contributed by atoms with Crippen LogP contribution in [-0.2, 0) is 14.9 Å². The number of halogens is 6. The average molecular weight is 705 g/mol. The van der Waals surface area contributed by atoms with E-state index in [4.69, 9.17) is 9.29 Å². The highest BCUT2D eigenvalue weighted by molar-refractivity contribution is 9.11. The monoisotopic (exact) mass is 702 g/mol. The number of benzene rings is 3. The molecule has 3 rings (SSSR count). The molecule has 1 atom stereocenters. The van der Waals surface area contributed by atoms with Gasteiger partial charge in [0.1, 0.15) is 11.5 Å². The second kappa shape index (κ2) is 10.5. The van der Waals surface area contributed by atoms with Crippen LogP contribution in [0.2, 0.25) is 0 Å². The van der Waals surface area contributed by atoms with Crippen LogP contribution in [0.3, 0.4) is 0 Å². The summed E-state index contributed by atoms with van der Waals surface area (Å²) in [5.74, 6) is -4.09. The Hall–Kier alpha value is -2.00. The van der Waals surface area contributed by atoms with Gasteiger partial charge < -0.3 is 9.47 Å². The Labute approximate surface area is 221 Å². The van der Waals surface area contributed by atoms with Crippen LogP contribution in [-0.4, -0.2) is 42.9 Å². The van der Waals surface area contributed by atoms with E-state index in [2.05, 4.69) is 52.5 Å². The van der Waals surface area contributed by atoms with Gasteiger partial charge in [0.2, 0.25) is 6.10 Å². The van der Waals surface area contributed by atoms with Crippen LogP contribution < -0.4 is 4.74 Å². The molecule has 7 nitrogen and oxygen atoms in total. The Kier molecular flexibility index (Phi) is 8.31. The first-order chi connectivity index (χ1) is 16.2. The van der Waals surface area contributed by atoms with Gasteiger partial charge >= 0.3 is 18.1 Å². The number of ether oxygens (including phenoxy) is 2. The van der Waals surface area contributed by atoms with Crippen LogP contribution in [0, 0.1) is 0 Å². The van der Waals surface area contributed by atoms with E-state index in [0.717, 1.165) is 0 Å². The van der Waals surface area contributed by atoms with E-state index in [1.54, 1.807) is 12.1 Å². The van der Waals surface area contributed by atoms with Crippen molar-refractivity contribution >= 4 is 80.6 Å². The van der Waals surface area contributed by atoms with Gasteiger partial charge in [-0.25, -0.2) is 9.59 Å². The van der Waals surface area contributed by atoms with Gasteiger partial charge in [0.15, 0.2) is 0 Å². The topological polar surface area (TPSA) is 107 Å². The summed E-state index contributed by atoms with van der Waals surface area (Å²) in [5, 5.41) is 0.294. The minimum atomic E-state index is -5.25. The number of carbonyl (C=O) groups is 2. The Balaban J connectivity index is 1.97. The maximum absolute atomic E-state index is 13.2. The summed E-state index contributed by atoms with van der Waals surface area (Å²) in [4.78, 5) is 25.4. The Bertz CT molecular complexity index is 1400. The van der Waals surface area contributed by atoms with Gasteiger partial charge in [-0.05, 0) is 61.5 Å². The molecule has 0 saturated carbocycles. The summed E-state index contributed by atoms with van der Waals surface area (Å²) in [5.41, 5.74) is -0.171. The van der Waals surface area contributed by atoms with Crippen molar-refractivity contribution in [1.82, 2.24) is 0 Å². The van der Waals surface area contributed by atoms with Crippen molar-refractivity contribution in [3.05, 3.63) is 73.1 Å². The molecule has 0 spiro atoms. The first-order valence-electron chi connectivity index (χ1n) is 9.28. The number of alkyl halides is 3. The molecular formula is C21H12Br3F3O7S. The van der Waals surface area contributed by atoms with Gasteiger partial charge in [0.05, 0.1) is 11.1 Å². The third kappa shape index (κ3) is 6.82. The van der Waals surface area contributed by atoms with Crippen LogP contribution >= 0.6 is 47.8 Å². The summed E-state index contributed by atoms with van der Waals surface area (Å²) in [6.45, 7) is 0. The van der Waals surface area contributed by atoms with Crippen molar-refractivity contribution in [3.63, 3.8) is 0 Å². The fourth-order valence-corrected chi connectivity index (χ4v) is 6.24. The van der Waals surface area contributed by atoms with Crippen molar-refractivity contribution in [2.45, 2.75) is 12.3 Å². The second-order valence-corrected chi connectivity index (χ2v) is 11.1. The van der Waals surface area contributed by atoms with Crippen LogP contribution in [0.15, 0.2) is 61.9 Å². The standard InChI is InChI=1S/C21H12Br3F3O7S/c22-10-7-14(23)18(15(24)8-10)20(29)33-16-6-2-3-11-12(16)4-1-5-13(11)19(28)34-17(21(25,26)27)9-35(30,31)32/h1-8,17H,9H2,(H,30,31,32). The lowest BCUT2D eigenvalue weighted by atomic mass is 10.0. The molecule has 186 valence electrons. The molecule has 0 radical (unpaired) electrons. The molecule has 0 aliphatic carbocycles. The number of rotatable bonds is 6. The van der Waals surface area contributed by atoms with Crippen LogP contribution in [0.1, 0.15) is 20.7 Å². The smallest absolute Gasteiger partial charge is 0.426 e. The number of carbonyl (C=O) groups excluding carboxylic acids is 2. The molecule has 3 aromatic carbocycles. The van der Waals surface area contributed by atoms with Crippen LogP contribution in [0.25, 0.3) is 10.8 Å². The van der Waals surface area contributed by atoms with E-state index < -0.39 is 40.1 Å². The van der Waals surface area contributed by atoms with Gasteiger partial charge in [-0.1, -0.05) is 40.2 Å². The van der Waals surface area contributed by atoms with E-state index in [1.807, 2.05) is 0 Å². The average Bonchev–Trinajstić information content (AvgIpc) is 2.70. The zero-order valence-electron chi connectivity index (χ0n) is 17.0. The molecule has 35 heavy (non-hydrogen) atoms. The zero-order chi connectivity index (χ0) is 26.1. The molecule has 0 aliphatic rings. The molecule has 3 aromatic rings. The molecule has 0 aliphatic heterocycles. The van der Waals surface area contributed by atoms with Crippen molar-refractivity contribution in [2.24, 2.45) is 0 Å². The summed E-state index contributed by atoms with van der Waals surface area (Å²) >= 11 is 9.84. The first-order valence-corrected chi connectivity index (χ1v) is 13.3. The molecule has 0 aromatic heterocycles. The third-order valence-electron chi connectivity index (χ3n) is 4.49. The fraction of sp³-hybridized carbons (Fsp3) is 0.143. The maximum Gasteiger partial charge on any atom is 0.426 e. The fourth-order valence-electron chi connectivity index (χ4n) is 3.02. The highest BCUT2D eigenvalue weighted by Gasteiger charge is 2.45. The van der Waals surface area contributed by atoms with E-state index in [9.17, 15) is 31.2 Å². The zero-order valence-corrected chi connectivity index (χ0v) is 22.6. The van der Waals surface area contributed by atoms with Crippen molar-refractivity contribution in [2.75, 3.05) is 5.75 Å². The molecule has 1 N–H and O–H groups in total. The highest BCUT2D eigenvalue weighted by Crippen LogP contribution is 2.34. The predicted molar refractivity (Wildman–Crippen MR) is 130 cm³/mol. The second-order valence-electron chi connectivity index (χ2n) is 6.97. The van der Waals surface area contributed by atoms with E-state index in [-0.39, 0.29) is 27.6 Å². The molecular weight excluding hydrogens is 693 g/mol. The number of hydrogen-bond acceptors (Lipinski definition) is 6. The van der Waals surface area contributed by atoms with Gasteiger partial charge in [-0.2, -0.15) is 21.6 Å². The summed E-state index contributed by atoms with van der Waals surface area (Å²) in [7, 11) is -5.10. The van der Waals surface area contributed by atoms with Gasteiger partial charge in [-0.3, -0.25) is 4.55 Å². The normalized spacial score (nSPS) is 12.9. The summed E-state index contributed by atoms with van der Waals surface area (Å²) in [6, 6.07) is 11.4. The lowest BCUT2D eigenvalue weighted by Crippen LogP contribution is -2.39. The lowest BCUT2D eigenvalue weighted by Gasteiger charge is -2.20. The largest absolute Gasteiger partial charge is 0.448 e. The number of hydrogen-bond donors (Lipinski definition) is 1. The predicted octanol–water partition coefficient (Wildman–Crippen LogP) is 6.32. The Morgan fingerprint density at radius 1 is 0.943 bits per heavy atom. The summed E-state index contributed by atoms with van der Waals surface area (Å²) < 4.78 is 81.7.